The van der Waals surface area contributed by atoms with Crippen LogP contribution in [0.15, 0.2) is 53.2 Å². The van der Waals surface area contributed by atoms with E-state index in [0.29, 0.717) is 30.5 Å². The summed E-state index contributed by atoms with van der Waals surface area (Å²) in [6, 6.07) is 7.36. The van der Waals surface area contributed by atoms with E-state index in [-0.39, 0.29) is 18.2 Å². The molecule has 2 amide bonds. The van der Waals surface area contributed by atoms with E-state index < -0.39 is 5.54 Å². The summed E-state index contributed by atoms with van der Waals surface area (Å²) in [4.78, 5) is 32.8. The molecule has 0 bridgehead atoms. The number of allylic oxidation sites excluding steroid dienone is 2. The lowest BCUT2D eigenvalue weighted by molar-refractivity contribution is -0.142. The van der Waals surface area contributed by atoms with Crippen molar-refractivity contribution >= 4 is 17.6 Å². The number of amidine groups is 1. The van der Waals surface area contributed by atoms with Crippen LogP contribution in [0.3, 0.4) is 0 Å². The lowest BCUT2D eigenvalue weighted by Crippen LogP contribution is -2.60. The Morgan fingerprint density at radius 1 is 1.32 bits per heavy atom. The Morgan fingerprint density at radius 2 is 2.04 bits per heavy atom. The molecular formula is C21H25N3O4. The van der Waals surface area contributed by atoms with Crippen LogP contribution >= 0.6 is 0 Å². The molecule has 0 aromatic heterocycles. The highest BCUT2D eigenvalue weighted by Gasteiger charge is 2.46. The first kappa shape index (κ1) is 19.7. The molecule has 7 heteroatoms. The number of ether oxygens (including phenoxy) is 2. The smallest absolute Gasteiger partial charge is 0.250 e. The quantitative estimate of drug-likeness (QED) is 0.754. The highest BCUT2D eigenvalue weighted by molar-refractivity contribution is 6.09. The van der Waals surface area contributed by atoms with Gasteiger partial charge in [-0.2, -0.15) is 4.99 Å². The maximum atomic E-state index is 13.2. The van der Waals surface area contributed by atoms with Gasteiger partial charge >= 0.3 is 0 Å². The van der Waals surface area contributed by atoms with E-state index in [4.69, 9.17) is 9.47 Å². The molecule has 2 heterocycles. The second-order valence-electron chi connectivity index (χ2n) is 7.11. The maximum absolute atomic E-state index is 13.2. The summed E-state index contributed by atoms with van der Waals surface area (Å²) in [6.07, 6.45) is 5.57. The molecule has 0 radical (unpaired) electrons. The van der Waals surface area contributed by atoms with Crippen LogP contribution in [0.5, 0.6) is 11.5 Å². The number of methoxy groups -OCH3 is 1. The van der Waals surface area contributed by atoms with E-state index in [9.17, 15) is 9.59 Å². The molecule has 0 spiro atoms. The summed E-state index contributed by atoms with van der Waals surface area (Å²) in [5.74, 6) is 1.32. The van der Waals surface area contributed by atoms with E-state index in [1.54, 1.807) is 30.9 Å². The molecule has 1 atom stereocenters. The third kappa shape index (κ3) is 3.78. The fourth-order valence-electron chi connectivity index (χ4n) is 3.36. The average Bonchev–Trinajstić information content (AvgIpc) is 2.67. The lowest BCUT2D eigenvalue weighted by atomic mass is 9.90. The van der Waals surface area contributed by atoms with Crippen LogP contribution in [0.4, 0.5) is 0 Å². The van der Waals surface area contributed by atoms with Crippen molar-refractivity contribution < 1.29 is 19.1 Å². The van der Waals surface area contributed by atoms with Crippen LogP contribution in [0, 0.1) is 0 Å². The van der Waals surface area contributed by atoms with Crippen LogP contribution in [-0.4, -0.2) is 60.3 Å². The maximum Gasteiger partial charge on any atom is 0.250 e. The summed E-state index contributed by atoms with van der Waals surface area (Å²) >= 11 is 0. The first-order valence-electron chi connectivity index (χ1n) is 9.14. The lowest BCUT2D eigenvalue weighted by Gasteiger charge is -2.43. The fraction of sp³-hybridized carbons (Fsp3) is 0.381. The van der Waals surface area contributed by atoms with Crippen LogP contribution in [-0.2, 0) is 9.59 Å². The topological polar surface area (TPSA) is 71.4 Å². The second kappa shape index (κ2) is 7.88. The Kier molecular flexibility index (Phi) is 5.53. The molecule has 7 nitrogen and oxygen atoms in total. The Bertz CT molecular complexity index is 874. The number of hydrogen-bond donors (Lipinski definition) is 0. The van der Waals surface area contributed by atoms with Crippen molar-refractivity contribution in [3.05, 3.63) is 48.2 Å². The van der Waals surface area contributed by atoms with Crippen molar-refractivity contribution in [2.24, 2.45) is 4.99 Å². The minimum atomic E-state index is -1.01. The zero-order valence-electron chi connectivity index (χ0n) is 16.6. The van der Waals surface area contributed by atoms with Crippen molar-refractivity contribution in [3.8, 4) is 11.5 Å². The minimum Gasteiger partial charge on any atom is -0.493 e. The molecule has 148 valence electrons. The molecule has 0 aliphatic carbocycles. The number of nitrogens with zero attached hydrogens (tertiary/aromatic N) is 3. The number of fused-ring (bicyclic) bond motifs is 1. The number of amides is 2. The van der Waals surface area contributed by atoms with Crippen molar-refractivity contribution in [1.29, 1.82) is 0 Å². The number of aliphatic imine (C=N–C) groups is 1. The van der Waals surface area contributed by atoms with Crippen molar-refractivity contribution in [2.45, 2.75) is 25.8 Å². The fourth-order valence-corrected chi connectivity index (χ4v) is 3.36. The Morgan fingerprint density at radius 3 is 2.75 bits per heavy atom. The molecule has 0 saturated carbocycles. The van der Waals surface area contributed by atoms with Crippen LogP contribution in [0.25, 0.3) is 0 Å². The normalized spacial score (nSPS) is 20.9. The third-order valence-corrected chi connectivity index (χ3v) is 4.92. The summed E-state index contributed by atoms with van der Waals surface area (Å²) < 4.78 is 11.0. The van der Waals surface area contributed by atoms with Crippen molar-refractivity contribution in [1.82, 2.24) is 9.80 Å². The molecular weight excluding hydrogens is 358 g/mol. The number of carbonyl (C=O) groups excluding carboxylic acids is 2. The summed E-state index contributed by atoms with van der Waals surface area (Å²) in [5.41, 5.74) is -0.0285. The van der Waals surface area contributed by atoms with E-state index in [0.717, 1.165) is 5.57 Å². The monoisotopic (exact) mass is 383 g/mol. The van der Waals surface area contributed by atoms with Gasteiger partial charge in [0, 0.05) is 13.2 Å². The summed E-state index contributed by atoms with van der Waals surface area (Å²) in [6.45, 7) is 4.39. The van der Waals surface area contributed by atoms with Crippen molar-refractivity contribution in [3.63, 3.8) is 0 Å². The van der Waals surface area contributed by atoms with Gasteiger partial charge in [-0.15, -0.1) is 0 Å². The van der Waals surface area contributed by atoms with Crippen LogP contribution in [0.1, 0.15) is 20.3 Å². The number of para-hydroxylation sites is 2. The molecule has 3 rings (SSSR count). The third-order valence-electron chi connectivity index (χ3n) is 4.92. The number of carbonyl (C=O) groups is 2. The molecule has 1 aromatic carbocycles. The zero-order valence-corrected chi connectivity index (χ0v) is 16.6. The Hall–Kier alpha value is -3.09. The molecule has 0 unspecified atom stereocenters. The molecule has 0 fully saturated rings. The molecule has 28 heavy (non-hydrogen) atoms. The highest BCUT2D eigenvalue weighted by Crippen LogP contribution is 2.31. The van der Waals surface area contributed by atoms with E-state index >= 15 is 0 Å². The number of likely N-dealkylation sites (N-methyl/N-ethyl adjacent to an activating group) is 1. The SMILES string of the molecule is COc1ccccc1OCCN(C)C(=O)[C@]1(C)CC(=O)N=C2C=C(C)C=CN21. The van der Waals surface area contributed by atoms with Gasteiger partial charge in [0.15, 0.2) is 11.5 Å². The van der Waals surface area contributed by atoms with Crippen molar-refractivity contribution in [2.75, 3.05) is 27.3 Å². The van der Waals surface area contributed by atoms with Crippen LogP contribution in [0.2, 0.25) is 0 Å². The van der Waals surface area contributed by atoms with E-state index in [2.05, 4.69) is 4.99 Å². The van der Waals surface area contributed by atoms with Gasteiger partial charge in [-0.25, -0.2) is 0 Å². The van der Waals surface area contributed by atoms with Gasteiger partial charge in [-0.3, -0.25) is 9.59 Å². The van der Waals surface area contributed by atoms with Gasteiger partial charge in [-0.05, 0) is 43.7 Å². The molecule has 0 N–H and O–H groups in total. The van der Waals surface area contributed by atoms with E-state index in [1.165, 1.54) is 0 Å². The largest absolute Gasteiger partial charge is 0.493 e. The predicted octanol–water partition coefficient (Wildman–Crippen LogP) is 2.40. The van der Waals surface area contributed by atoms with E-state index in [1.807, 2.05) is 49.5 Å². The standard InChI is InChI=1S/C21H25N3O4/c1-15-9-10-24-18(13-15)22-19(25)14-21(24,2)20(26)23(3)11-12-28-17-8-6-5-7-16(17)27-4/h5-10,13H,11-12,14H2,1-4H3/t21-/m0/s1. The number of rotatable bonds is 6. The summed E-state index contributed by atoms with van der Waals surface area (Å²) in [5, 5.41) is 0. The molecule has 1 aromatic rings. The number of hydrogen-bond acceptors (Lipinski definition) is 5. The van der Waals surface area contributed by atoms with Gasteiger partial charge < -0.3 is 19.3 Å². The molecule has 2 aliphatic rings. The second-order valence-corrected chi connectivity index (χ2v) is 7.11. The first-order chi connectivity index (χ1) is 13.3. The van der Waals surface area contributed by atoms with Gasteiger partial charge in [0.2, 0.25) is 5.91 Å². The van der Waals surface area contributed by atoms with Crippen LogP contribution < -0.4 is 9.47 Å². The summed E-state index contributed by atoms with van der Waals surface area (Å²) in [7, 11) is 3.30. The first-order valence-corrected chi connectivity index (χ1v) is 9.14. The van der Waals surface area contributed by atoms with Gasteiger partial charge in [0.1, 0.15) is 18.0 Å². The van der Waals surface area contributed by atoms with Gasteiger partial charge in [0.05, 0.1) is 20.1 Å². The minimum absolute atomic E-state index is 0.0320. The number of benzene rings is 1. The molecule has 2 aliphatic heterocycles. The molecule has 0 saturated heterocycles. The van der Waals surface area contributed by atoms with Gasteiger partial charge in [0.25, 0.3) is 5.91 Å². The van der Waals surface area contributed by atoms with Gasteiger partial charge in [-0.1, -0.05) is 12.1 Å². The highest BCUT2D eigenvalue weighted by atomic mass is 16.5. The Labute approximate surface area is 164 Å². The zero-order chi connectivity index (χ0) is 20.3. The predicted molar refractivity (Wildman–Crippen MR) is 106 cm³/mol. The average molecular weight is 383 g/mol. The Balaban J connectivity index is 1.68.